The van der Waals surface area contributed by atoms with Gasteiger partial charge in [-0.3, -0.25) is 4.79 Å². The number of methoxy groups -OCH3 is 1. The van der Waals surface area contributed by atoms with Gasteiger partial charge in [0.1, 0.15) is 11.9 Å². The van der Waals surface area contributed by atoms with Crippen molar-refractivity contribution in [3.05, 3.63) is 65.8 Å². The van der Waals surface area contributed by atoms with Crippen molar-refractivity contribution in [1.82, 2.24) is 0 Å². The fourth-order valence-corrected chi connectivity index (χ4v) is 3.49. The van der Waals surface area contributed by atoms with E-state index < -0.39 is 0 Å². The molecule has 1 fully saturated rings. The molecule has 0 saturated carbocycles. The molecule has 1 unspecified atom stereocenters. The van der Waals surface area contributed by atoms with Gasteiger partial charge >= 0.3 is 5.97 Å². The first-order valence-electron chi connectivity index (χ1n) is 10.4. The molecular weight excluding hydrogens is 364 g/mol. The largest absolute Gasteiger partial charge is 0.497 e. The lowest BCUT2D eigenvalue weighted by atomic mass is 9.92. The molecule has 0 aliphatic carbocycles. The van der Waals surface area contributed by atoms with Gasteiger partial charge in [-0.05, 0) is 63.3 Å². The molecule has 1 aliphatic rings. The lowest BCUT2D eigenvalue weighted by Gasteiger charge is -2.15. The molecule has 2 rings (SSSR count). The third-order valence-corrected chi connectivity index (χ3v) is 5.21. The summed E-state index contributed by atoms with van der Waals surface area (Å²) in [5.74, 6) is 1.03. The second kappa shape index (κ2) is 12.3. The van der Waals surface area contributed by atoms with Gasteiger partial charge in [-0.2, -0.15) is 0 Å². The molecule has 0 spiro atoms. The summed E-state index contributed by atoms with van der Waals surface area (Å²) in [5, 5.41) is 0. The highest BCUT2D eigenvalue weighted by molar-refractivity contribution is 5.72. The third-order valence-electron chi connectivity index (χ3n) is 5.21. The molecule has 158 valence electrons. The van der Waals surface area contributed by atoms with Crippen LogP contribution in [0.2, 0.25) is 0 Å². The molecule has 1 aliphatic heterocycles. The highest BCUT2D eigenvalue weighted by Crippen LogP contribution is 2.30. The van der Waals surface area contributed by atoms with Crippen LogP contribution in [0.4, 0.5) is 0 Å². The number of cyclic esters (lactones) is 1. The van der Waals surface area contributed by atoms with Crippen molar-refractivity contribution in [2.45, 2.75) is 58.7 Å². The molecule has 4 nitrogen and oxygen atoms in total. The summed E-state index contributed by atoms with van der Waals surface area (Å²) in [7, 11) is 1.66. The van der Waals surface area contributed by atoms with Gasteiger partial charge in [-0.1, -0.05) is 42.0 Å². The van der Waals surface area contributed by atoms with Crippen LogP contribution in [0.3, 0.4) is 0 Å². The predicted octanol–water partition coefficient (Wildman–Crippen LogP) is 5.78. The fraction of sp³-hybridized carbons (Fsp3) is 0.480. The molecular formula is C25H34O4. The van der Waals surface area contributed by atoms with E-state index in [1.54, 1.807) is 7.11 Å². The van der Waals surface area contributed by atoms with E-state index in [1.807, 2.05) is 36.4 Å². The summed E-state index contributed by atoms with van der Waals surface area (Å²) in [5.41, 5.74) is 3.67. The monoisotopic (exact) mass is 398 g/mol. The Morgan fingerprint density at radius 3 is 2.66 bits per heavy atom. The van der Waals surface area contributed by atoms with Crippen LogP contribution in [0.15, 0.2) is 60.2 Å². The molecule has 0 aromatic heterocycles. The molecule has 1 aromatic rings. The summed E-state index contributed by atoms with van der Waals surface area (Å²) < 4.78 is 16.5. The Labute approximate surface area is 175 Å². The Balaban J connectivity index is 1.72. The minimum Gasteiger partial charge on any atom is -0.497 e. The first-order chi connectivity index (χ1) is 14.0. The van der Waals surface area contributed by atoms with Crippen LogP contribution in [0, 0.1) is 5.92 Å². The summed E-state index contributed by atoms with van der Waals surface area (Å²) in [6, 6.07) is 7.92. The second-order valence-corrected chi connectivity index (χ2v) is 7.72. The van der Waals surface area contributed by atoms with Crippen molar-refractivity contribution < 1.29 is 19.0 Å². The normalized spacial score (nSPS) is 19.9. The smallest absolute Gasteiger partial charge is 0.306 e. The molecule has 0 radical (unpaired) electrons. The Morgan fingerprint density at radius 2 is 1.97 bits per heavy atom. The molecule has 1 aromatic carbocycles. The maximum absolute atomic E-state index is 11.8. The summed E-state index contributed by atoms with van der Waals surface area (Å²) in [6.07, 6.45) is 10.2. The Hall–Kier alpha value is -2.33. The SMILES string of the molecule is C=C/C=C(\C)CC[C@H]1CC(=O)OC1/C=C(\C)CCCOCc1ccc(OC)cc1. The molecule has 4 heteroatoms. The lowest BCUT2D eigenvalue weighted by molar-refractivity contribution is -0.140. The minimum absolute atomic E-state index is 0.0859. The Morgan fingerprint density at radius 1 is 1.21 bits per heavy atom. The van der Waals surface area contributed by atoms with Crippen molar-refractivity contribution >= 4 is 5.97 Å². The Bertz CT molecular complexity index is 715. The highest BCUT2D eigenvalue weighted by atomic mass is 16.5. The molecule has 0 N–H and O–H groups in total. The van der Waals surface area contributed by atoms with E-state index in [0.29, 0.717) is 19.6 Å². The van der Waals surface area contributed by atoms with Gasteiger partial charge in [0.15, 0.2) is 0 Å². The zero-order valence-electron chi connectivity index (χ0n) is 18.0. The Kier molecular flexibility index (Phi) is 9.72. The number of hydrogen-bond donors (Lipinski definition) is 0. The van der Waals surface area contributed by atoms with Crippen molar-refractivity contribution in [1.29, 1.82) is 0 Å². The van der Waals surface area contributed by atoms with Gasteiger partial charge in [0.05, 0.1) is 20.1 Å². The number of benzene rings is 1. The summed E-state index contributed by atoms with van der Waals surface area (Å²) >= 11 is 0. The van der Waals surface area contributed by atoms with Crippen LogP contribution in [0.25, 0.3) is 0 Å². The predicted molar refractivity (Wildman–Crippen MR) is 117 cm³/mol. The number of ether oxygens (including phenoxy) is 3. The lowest BCUT2D eigenvalue weighted by Crippen LogP contribution is -2.14. The van der Waals surface area contributed by atoms with Gasteiger partial charge in [0, 0.05) is 12.5 Å². The van der Waals surface area contributed by atoms with E-state index in [2.05, 4.69) is 26.5 Å². The van der Waals surface area contributed by atoms with Crippen LogP contribution in [-0.2, 0) is 20.9 Å². The van der Waals surface area contributed by atoms with E-state index in [0.717, 1.165) is 37.0 Å². The van der Waals surface area contributed by atoms with Crippen LogP contribution in [0.1, 0.15) is 51.5 Å². The summed E-state index contributed by atoms with van der Waals surface area (Å²) in [6.45, 7) is 9.25. The molecule has 1 heterocycles. The van der Waals surface area contributed by atoms with Gasteiger partial charge in [-0.25, -0.2) is 0 Å². The molecule has 1 saturated heterocycles. The number of esters is 1. The molecule has 0 amide bonds. The maximum Gasteiger partial charge on any atom is 0.306 e. The number of rotatable bonds is 12. The van der Waals surface area contributed by atoms with Crippen molar-refractivity contribution in [2.75, 3.05) is 13.7 Å². The van der Waals surface area contributed by atoms with Crippen LogP contribution in [-0.4, -0.2) is 25.8 Å². The van der Waals surface area contributed by atoms with Crippen molar-refractivity contribution in [2.24, 2.45) is 5.92 Å². The van der Waals surface area contributed by atoms with E-state index in [-0.39, 0.29) is 18.0 Å². The standard InChI is InChI=1S/C25H34O4/c1-5-7-19(2)9-12-22-17-25(26)29-24(22)16-20(3)8-6-15-28-18-21-10-13-23(27-4)14-11-21/h5,7,10-11,13-14,16,22,24H,1,6,8-9,12,15,17-18H2,2-4H3/b19-7+,20-16+/t22-,24?/m0/s1. The quantitative estimate of drug-likeness (QED) is 0.194. The van der Waals surface area contributed by atoms with Crippen LogP contribution < -0.4 is 4.74 Å². The molecule has 29 heavy (non-hydrogen) atoms. The van der Waals surface area contributed by atoms with Gasteiger partial charge in [0.25, 0.3) is 0 Å². The van der Waals surface area contributed by atoms with Crippen LogP contribution >= 0.6 is 0 Å². The first-order valence-corrected chi connectivity index (χ1v) is 10.4. The van der Waals surface area contributed by atoms with E-state index in [1.165, 1.54) is 11.1 Å². The number of hydrogen-bond acceptors (Lipinski definition) is 4. The van der Waals surface area contributed by atoms with Gasteiger partial charge in [-0.15, -0.1) is 0 Å². The first kappa shape index (κ1) is 23.0. The number of carbonyl (C=O) groups is 1. The van der Waals surface area contributed by atoms with Gasteiger partial charge < -0.3 is 14.2 Å². The molecule has 0 bridgehead atoms. The van der Waals surface area contributed by atoms with Crippen LogP contribution in [0.5, 0.6) is 5.75 Å². The molecule has 2 atom stereocenters. The fourth-order valence-electron chi connectivity index (χ4n) is 3.49. The maximum atomic E-state index is 11.8. The van der Waals surface area contributed by atoms with E-state index in [9.17, 15) is 4.79 Å². The third kappa shape index (κ3) is 8.28. The zero-order valence-corrected chi connectivity index (χ0v) is 18.0. The van der Waals surface area contributed by atoms with Gasteiger partial charge in [0.2, 0.25) is 0 Å². The number of carbonyl (C=O) groups excluding carboxylic acids is 1. The topological polar surface area (TPSA) is 44.8 Å². The second-order valence-electron chi connectivity index (χ2n) is 7.72. The zero-order chi connectivity index (χ0) is 21.1. The minimum atomic E-state index is -0.0979. The number of allylic oxidation sites excluding steroid dienone is 4. The van der Waals surface area contributed by atoms with Crippen molar-refractivity contribution in [3.8, 4) is 5.75 Å². The van der Waals surface area contributed by atoms with E-state index >= 15 is 0 Å². The average Bonchev–Trinajstić information content (AvgIpc) is 3.05. The van der Waals surface area contributed by atoms with Crippen molar-refractivity contribution in [3.63, 3.8) is 0 Å². The average molecular weight is 399 g/mol. The summed E-state index contributed by atoms with van der Waals surface area (Å²) in [4.78, 5) is 11.8. The van der Waals surface area contributed by atoms with E-state index in [4.69, 9.17) is 14.2 Å². The highest BCUT2D eigenvalue weighted by Gasteiger charge is 2.32.